The van der Waals surface area contributed by atoms with Gasteiger partial charge in [-0.3, -0.25) is 4.68 Å². The summed E-state index contributed by atoms with van der Waals surface area (Å²) in [6.45, 7) is 5.90. The van der Waals surface area contributed by atoms with Crippen LogP contribution in [0, 0.1) is 25.2 Å². The van der Waals surface area contributed by atoms with Crippen LogP contribution < -0.4 is 4.90 Å². The number of hydrogen-bond donors (Lipinski definition) is 0. The van der Waals surface area contributed by atoms with Gasteiger partial charge in [-0.1, -0.05) is 0 Å². The van der Waals surface area contributed by atoms with E-state index in [2.05, 4.69) is 38.7 Å². The highest BCUT2D eigenvalue weighted by Crippen LogP contribution is 2.27. The maximum absolute atomic E-state index is 9.27. The Bertz CT molecular complexity index is 682. The summed E-state index contributed by atoms with van der Waals surface area (Å²) >= 11 is 0. The maximum Gasteiger partial charge on any atom is 0.146 e. The second kappa shape index (κ2) is 5.57. The van der Waals surface area contributed by atoms with Crippen LogP contribution >= 0.6 is 0 Å². The normalized spacial score (nSPS) is 18.0. The summed E-state index contributed by atoms with van der Waals surface area (Å²) in [6.07, 6.45) is 4.00. The molecule has 0 radical (unpaired) electrons. The van der Waals surface area contributed by atoms with E-state index < -0.39 is 0 Å². The standard InChI is InChI=1S/C16H19N5/c1-12-9-13(2)21(19-12)11-15-6-4-8-20(15)16-14(10-17)5-3-7-18-16/h3,5,7,9,15H,4,6,8,11H2,1-2H3/t15-/m0/s1. The highest BCUT2D eigenvalue weighted by molar-refractivity contribution is 5.54. The van der Waals surface area contributed by atoms with E-state index in [1.807, 2.05) is 19.1 Å². The van der Waals surface area contributed by atoms with Crippen molar-refractivity contribution in [3.8, 4) is 6.07 Å². The average Bonchev–Trinajstić information content (AvgIpc) is 3.06. The molecule has 1 atom stereocenters. The van der Waals surface area contributed by atoms with Crippen molar-refractivity contribution in [1.29, 1.82) is 5.26 Å². The Morgan fingerprint density at radius 1 is 1.43 bits per heavy atom. The molecule has 3 heterocycles. The van der Waals surface area contributed by atoms with Gasteiger partial charge in [-0.05, 0) is 44.9 Å². The van der Waals surface area contributed by atoms with E-state index in [1.54, 1.807) is 6.20 Å². The first kappa shape index (κ1) is 13.6. The van der Waals surface area contributed by atoms with Crippen molar-refractivity contribution in [3.05, 3.63) is 41.3 Å². The van der Waals surface area contributed by atoms with Crippen molar-refractivity contribution in [2.75, 3.05) is 11.4 Å². The van der Waals surface area contributed by atoms with Crippen LogP contribution in [0.4, 0.5) is 5.82 Å². The lowest BCUT2D eigenvalue weighted by atomic mass is 10.2. The average molecular weight is 281 g/mol. The van der Waals surface area contributed by atoms with Crippen LogP contribution in [0.5, 0.6) is 0 Å². The highest BCUT2D eigenvalue weighted by Gasteiger charge is 2.28. The van der Waals surface area contributed by atoms with Crippen LogP contribution in [0.1, 0.15) is 29.8 Å². The van der Waals surface area contributed by atoms with Crippen molar-refractivity contribution in [2.24, 2.45) is 0 Å². The van der Waals surface area contributed by atoms with Gasteiger partial charge >= 0.3 is 0 Å². The summed E-state index contributed by atoms with van der Waals surface area (Å²) in [6, 6.07) is 8.34. The molecule has 0 saturated carbocycles. The van der Waals surface area contributed by atoms with E-state index in [-0.39, 0.29) is 0 Å². The van der Waals surface area contributed by atoms with Gasteiger partial charge in [-0.15, -0.1) is 0 Å². The SMILES string of the molecule is Cc1cc(C)n(C[C@@H]2CCCN2c2ncccc2C#N)n1. The molecule has 1 aliphatic heterocycles. The Morgan fingerprint density at radius 3 is 3.00 bits per heavy atom. The zero-order valence-electron chi connectivity index (χ0n) is 12.5. The number of hydrogen-bond acceptors (Lipinski definition) is 4. The van der Waals surface area contributed by atoms with Crippen LogP contribution in [0.25, 0.3) is 0 Å². The topological polar surface area (TPSA) is 57.7 Å². The number of rotatable bonds is 3. The predicted molar refractivity (Wildman–Crippen MR) is 81.0 cm³/mol. The Morgan fingerprint density at radius 2 is 2.29 bits per heavy atom. The molecular formula is C16H19N5. The number of aryl methyl sites for hydroxylation is 2. The van der Waals surface area contributed by atoms with Gasteiger partial charge in [0.2, 0.25) is 0 Å². The minimum absolute atomic E-state index is 0.352. The van der Waals surface area contributed by atoms with Crippen LogP contribution in [0.2, 0.25) is 0 Å². The van der Waals surface area contributed by atoms with Gasteiger partial charge in [0.15, 0.2) is 0 Å². The lowest BCUT2D eigenvalue weighted by Gasteiger charge is -2.26. The Labute approximate surface area is 124 Å². The molecule has 0 amide bonds. The first-order chi connectivity index (χ1) is 10.2. The molecule has 0 aliphatic carbocycles. The molecule has 2 aromatic heterocycles. The Kier molecular flexibility index (Phi) is 3.61. The Hall–Kier alpha value is -2.35. The van der Waals surface area contributed by atoms with E-state index in [4.69, 9.17) is 0 Å². The third-order valence-electron chi connectivity index (χ3n) is 4.04. The van der Waals surface area contributed by atoms with Crippen molar-refractivity contribution in [3.63, 3.8) is 0 Å². The summed E-state index contributed by atoms with van der Waals surface area (Å²) in [5, 5.41) is 13.8. The first-order valence-electron chi connectivity index (χ1n) is 7.32. The molecule has 0 aromatic carbocycles. The number of aromatic nitrogens is 3. The Balaban J connectivity index is 1.86. The molecule has 108 valence electrons. The highest BCUT2D eigenvalue weighted by atomic mass is 15.3. The quantitative estimate of drug-likeness (QED) is 0.867. The summed E-state index contributed by atoms with van der Waals surface area (Å²) in [5.41, 5.74) is 2.88. The molecule has 1 saturated heterocycles. The van der Waals surface area contributed by atoms with Gasteiger partial charge in [0.25, 0.3) is 0 Å². The van der Waals surface area contributed by atoms with E-state index >= 15 is 0 Å². The second-order valence-electron chi connectivity index (χ2n) is 5.59. The van der Waals surface area contributed by atoms with Gasteiger partial charge in [-0.2, -0.15) is 10.4 Å². The van der Waals surface area contributed by atoms with Crippen LogP contribution in [-0.2, 0) is 6.54 Å². The monoisotopic (exact) mass is 281 g/mol. The number of anilines is 1. The molecule has 1 fully saturated rings. The van der Waals surface area contributed by atoms with E-state index in [9.17, 15) is 5.26 Å². The minimum atomic E-state index is 0.352. The van der Waals surface area contributed by atoms with Crippen molar-refractivity contribution in [2.45, 2.75) is 39.3 Å². The fraction of sp³-hybridized carbons (Fsp3) is 0.438. The minimum Gasteiger partial charge on any atom is -0.351 e. The summed E-state index contributed by atoms with van der Waals surface area (Å²) in [7, 11) is 0. The molecule has 3 rings (SSSR count). The maximum atomic E-state index is 9.27. The van der Waals surface area contributed by atoms with Crippen molar-refractivity contribution in [1.82, 2.24) is 14.8 Å². The number of nitrogens with zero attached hydrogens (tertiary/aromatic N) is 5. The lowest BCUT2D eigenvalue weighted by molar-refractivity contribution is 0.496. The molecule has 0 spiro atoms. The molecule has 2 aromatic rings. The van der Waals surface area contributed by atoms with E-state index in [0.29, 0.717) is 11.6 Å². The molecule has 21 heavy (non-hydrogen) atoms. The van der Waals surface area contributed by atoms with Gasteiger partial charge in [0.1, 0.15) is 11.9 Å². The number of pyridine rings is 1. The van der Waals surface area contributed by atoms with E-state index in [0.717, 1.165) is 37.4 Å². The molecule has 5 nitrogen and oxygen atoms in total. The molecule has 0 N–H and O–H groups in total. The van der Waals surface area contributed by atoms with Gasteiger partial charge in [0, 0.05) is 18.4 Å². The molecule has 0 unspecified atom stereocenters. The summed E-state index contributed by atoms with van der Waals surface area (Å²) < 4.78 is 2.06. The van der Waals surface area contributed by atoms with Gasteiger partial charge in [-0.25, -0.2) is 4.98 Å². The van der Waals surface area contributed by atoms with Gasteiger partial charge in [0.05, 0.1) is 23.8 Å². The van der Waals surface area contributed by atoms with E-state index in [1.165, 1.54) is 5.69 Å². The van der Waals surface area contributed by atoms with Crippen LogP contribution in [-0.4, -0.2) is 27.4 Å². The fourth-order valence-electron chi connectivity index (χ4n) is 3.08. The number of nitriles is 1. The third-order valence-corrected chi connectivity index (χ3v) is 4.04. The largest absolute Gasteiger partial charge is 0.351 e. The van der Waals surface area contributed by atoms with Crippen LogP contribution in [0.15, 0.2) is 24.4 Å². The zero-order valence-corrected chi connectivity index (χ0v) is 12.5. The molecule has 1 aliphatic rings. The van der Waals surface area contributed by atoms with Gasteiger partial charge < -0.3 is 4.90 Å². The van der Waals surface area contributed by atoms with Crippen LogP contribution in [0.3, 0.4) is 0 Å². The smallest absolute Gasteiger partial charge is 0.146 e. The molecule has 5 heteroatoms. The van der Waals surface area contributed by atoms with Crippen molar-refractivity contribution >= 4 is 5.82 Å². The zero-order chi connectivity index (χ0) is 14.8. The molecule has 0 bridgehead atoms. The first-order valence-corrected chi connectivity index (χ1v) is 7.32. The predicted octanol–water partition coefficient (Wildman–Crippen LogP) is 2.44. The fourth-order valence-corrected chi connectivity index (χ4v) is 3.08. The summed E-state index contributed by atoms with van der Waals surface area (Å²) in [4.78, 5) is 6.68. The second-order valence-corrected chi connectivity index (χ2v) is 5.59. The van der Waals surface area contributed by atoms with Crippen molar-refractivity contribution < 1.29 is 0 Å². The summed E-state index contributed by atoms with van der Waals surface area (Å²) in [5.74, 6) is 0.809. The third kappa shape index (κ3) is 2.62. The molecular weight excluding hydrogens is 262 g/mol. The lowest BCUT2D eigenvalue weighted by Crippen LogP contribution is -2.34.